The Morgan fingerprint density at radius 2 is 2.11 bits per heavy atom. The molecule has 1 aromatic carbocycles. The Morgan fingerprint density at radius 3 is 2.68 bits per heavy atom. The van der Waals surface area contributed by atoms with E-state index in [9.17, 15) is 9.90 Å². The maximum atomic E-state index is 11.8. The zero-order valence-electron chi connectivity index (χ0n) is 11.8. The van der Waals surface area contributed by atoms with Gasteiger partial charge in [-0.05, 0) is 24.1 Å². The van der Waals surface area contributed by atoms with Crippen LogP contribution in [0, 0.1) is 5.92 Å². The standard InChI is InChI=1S/C15H22O4/c1-4-5-9-13(15(17)19-3)14(16)11-7-6-8-12(10-11)18-2/h6-8,10,13-14,16H,4-5,9H2,1-3H3. The molecule has 0 heterocycles. The molecular formula is C15H22O4. The third-order valence-electron chi connectivity index (χ3n) is 3.19. The monoisotopic (exact) mass is 266 g/mol. The zero-order chi connectivity index (χ0) is 14.3. The summed E-state index contributed by atoms with van der Waals surface area (Å²) in [6, 6.07) is 7.13. The van der Waals surface area contributed by atoms with E-state index in [4.69, 9.17) is 9.47 Å². The topological polar surface area (TPSA) is 55.8 Å². The molecule has 0 bridgehead atoms. The van der Waals surface area contributed by atoms with Crippen LogP contribution in [0.5, 0.6) is 5.75 Å². The van der Waals surface area contributed by atoms with Gasteiger partial charge in [-0.1, -0.05) is 31.9 Å². The average Bonchev–Trinajstić information content (AvgIpc) is 2.47. The molecular weight excluding hydrogens is 244 g/mol. The predicted octanol–water partition coefficient (Wildman–Crippen LogP) is 2.71. The van der Waals surface area contributed by atoms with Gasteiger partial charge in [0.05, 0.1) is 26.2 Å². The van der Waals surface area contributed by atoms with Crippen LogP contribution in [0.25, 0.3) is 0 Å². The fourth-order valence-corrected chi connectivity index (χ4v) is 2.04. The lowest BCUT2D eigenvalue weighted by atomic mass is 9.91. The highest BCUT2D eigenvalue weighted by Crippen LogP contribution is 2.29. The third-order valence-corrected chi connectivity index (χ3v) is 3.19. The van der Waals surface area contributed by atoms with Crippen molar-refractivity contribution in [3.8, 4) is 5.75 Å². The summed E-state index contributed by atoms with van der Waals surface area (Å²) in [6.07, 6.45) is 1.59. The maximum absolute atomic E-state index is 11.8. The van der Waals surface area contributed by atoms with Crippen molar-refractivity contribution in [1.82, 2.24) is 0 Å². The number of methoxy groups -OCH3 is 2. The molecule has 19 heavy (non-hydrogen) atoms. The van der Waals surface area contributed by atoms with Gasteiger partial charge in [0.15, 0.2) is 0 Å². The molecule has 1 aromatic rings. The van der Waals surface area contributed by atoms with Crippen molar-refractivity contribution in [2.24, 2.45) is 5.92 Å². The summed E-state index contributed by atoms with van der Waals surface area (Å²) in [5.41, 5.74) is 0.672. The van der Waals surface area contributed by atoms with Gasteiger partial charge >= 0.3 is 5.97 Å². The number of unbranched alkanes of at least 4 members (excludes halogenated alkanes) is 1. The molecule has 106 valence electrons. The fourth-order valence-electron chi connectivity index (χ4n) is 2.04. The van der Waals surface area contributed by atoms with E-state index in [0.29, 0.717) is 17.7 Å². The number of rotatable bonds is 7. The van der Waals surface area contributed by atoms with Crippen molar-refractivity contribution in [3.05, 3.63) is 29.8 Å². The lowest BCUT2D eigenvalue weighted by Gasteiger charge is -2.21. The minimum Gasteiger partial charge on any atom is -0.497 e. The summed E-state index contributed by atoms with van der Waals surface area (Å²) in [5.74, 6) is -0.239. The molecule has 0 aromatic heterocycles. The summed E-state index contributed by atoms with van der Waals surface area (Å²) in [7, 11) is 2.92. The fraction of sp³-hybridized carbons (Fsp3) is 0.533. The molecule has 2 atom stereocenters. The highest BCUT2D eigenvalue weighted by Gasteiger charge is 2.28. The Labute approximate surface area is 114 Å². The van der Waals surface area contributed by atoms with Crippen LogP contribution in [0.1, 0.15) is 37.9 Å². The smallest absolute Gasteiger partial charge is 0.311 e. The molecule has 0 spiro atoms. The second kappa shape index (κ2) is 7.79. The molecule has 0 aliphatic carbocycles. The molecule has 1 rings (SSSR count). The first kappa shape index (κ1) is 15.5. The number of ether oxygens (including phenoxy) is 2. The Balaban J connectivity index is 2.90. The SMILES string of the molecule is CCCCC(C(=O)OC)C(O)c1cccc(OC)c1. The molecule has 0 radical (unpaired) electrons. The Kier molecular flexibility index (Phi) is 6.36. The first-order valence-corrected chi connectivity index (χ1v) is 6.53. The molecule has 0 aliphatic rings. The lowest BCUT2D eigenvalue weighted by Crippen LogP contribution is -2.23. The summed E-state index contributed by atoms with van der Waals surface area (Å²) in [4.78, 5) is 11.8. The second-order valence-corrected chi connectivity index (χ2v) is 4.49. The van der Waals surface area contributed by atoms with E-state index in [1.165, 1.54) is 7.11 Å². The molecule has 0 aliphatic heterocycles. The van der Waals surface area contributed by atoms with Gasteiger partial charge in [0.1, 0.15) is 5.75 Å². The van der Waals surface area contributed by atoms with Crippen LogP contribution in [0.15, 0.2) is 24.3 Å². The van der Waals surface area contributed by atoms with Crippen molar-refractivity contribution in [2.45, 2.75) is 32.3 Å². The van der Waals surface area contributed by atoms with Crippen molar-refractivity contribution in [2.75, 3.05) is 14.2 Å². The Morgan fingerprint density at radius 1 is 1.37 bits per heavy atom. The average molecular weight is 266 g/mol. The van der Waals surface area contributed by atoms with Gasteiger partial charge in [-0.3, -0.25) is 4.79 Å². The van der Waals surface area contributed by atoms with E-state index in [1.807, 2.05) is 6.92 Å². The van der Waals surface area contributed by atoms with E-state index >= 15 is 0 Å². The third kappa shape index (κ3) is 4.24. The zero-order valence-corrected chi connectivity index (χ0v) is 11.8. The van der Waals surface area contributed by atoms with Crippen LogP contribution < -0.4 is 4.74 Å². The van der Waals surface area contributed by atoms with E-state index < -0.39 is 12.0 Å². The van der Waals surface area contributed by atoms with Crippen molar-refractivity contribution in [1.29, 1.82) is 0 Å². The van der Waals surface area contributed by atoms with E-state index in [1.54, 1.807) is 31.4 Å². The normalized spacial score (nSPS) is 13.7. The molecule has 1 N–H and O–H groups in total. The number of carbonyl (C=O) groups is 1. The second-order valence-electron chi connectivity index (χ2n) is 4.49. The molecule has 0 fully saturated rings. The highest BCUT2D eigenvalue weighted by atomic mass is 16.5. The van der Waals surface area contributed by atoms with Gasteiger partial charge in [0, 0.05) is 0 Å². The number of hydrogen-bond acceptors (Lipinski definition) is 4. The van der Waals surface area contributed by atoms with Crippen LogP contribution in [-0.4, -0.2) is 25.3 Å². The van der Waals surface area contributed by atoms with Gasteiger partial charge < -0.3 is 14.6 Å². The van der Waals surface area contributed by atoms with Crippen molar-refractivity contribution in [3.63, 3.8) is 0 Å². The largest absolute Gasteiger partial charge is 0.497 e. The van der Waals surface area contributed by atoms with Crippen LogP contribution in [0.2, 0.25) is 0 Å². The summed E-state index contributed by atoms with van der Waals surface area (Å²) >= 11 is 0. The lowest BCUT2D eigenvalue weighted by molar-refractivity contribution is -0.150. The minimum absolute atomic E-state index is 0.372. The molecule has 4 heteroatoms. The van der Waals surface area contributed by atoms with E-state index in [2.05, 4.69) is 0 Å². The quantitative estimate of drug-likeness (QED) is 0.771. The van der Waals surface area contributed by atoms with Gasteiger partial charge in [0.2, 0.25) is 0 Å². The molecule has 0 saturated heterocycles. The van der Waals surface area contributed by atoms with E-state index in [-0.39, 0.29) is 5.97 Å². The number of hydrogen-bond donors (Lipinski definition) is 1. The summed E-state index contributed by atoms with van der Waals surface area (Å²) < 4.78 is 9.90. The number of benzene rings is 1. The van der Waals surface area contributed by atoms with Crippen molar-refractivity contribution >= 4 is 5.97 Å². The summed E-state index contributed by atoms with van der Waals surface area (Å²) in [6.45, 7) is 2.05. The number of aliphatic hydroxyl groups excluding tert-OH is 1. The molecule has 0 saturated carbocycles. The summed E-state index contributed by atoms with van der Waals surface area (Å²) in [5, 5.41) is 10.4. The van der Waals surface area contributed by atoms with Gasteiger partial charge in [-0.25, -0.2) is 0 Å². The van der Waals surface area contributed by atoms with Crippen LogP contribution in [0.3, 0.4) is 0 Å². The predicted molar refractivity (Wildman–Crippen MR) is 73.0 cm³/mol. The van der Waals surface area contributed by atoms with Crippen LogP contribution >= 0.6 is 0 Å². The minimum atomic E-state index is -0.867. The van der Waals surface area contributed by atoms with Gasteiger partial charge in [-0.15, -0.1) is 0 Å². The number of aliphatic hydroxyl groups is 1. The number of carbonyl (C=O) groups excluding carboxylic acids is 1. The van der Waals surface area contributed by atoms with Crippen LogP contribution in [0.4, 0.5) is 0 Å². The number of esters is 1. The van der Waals surface area contributed by atoms with Gasteiger partial charge in [0.25, 0.3) is 0 Å². The molecule has 2 unspecified atom stereocenters. The first-order chi connectivity index (χ1) is 9.13. The Hall–Kier alpha value is -1.55. The molecule has 0 amide bonds. The maximum Gasteiger partial charge on any atom is 0.311 e. The Bertz CT molecular complexity index is 403. The molecule has 4 nitrogen and oxygen atoms in total. The van der Waals surface area contributed by atoms with Crippen molar-refractivity contribution < 1.29 is 19.4 Å². The van der Waals surface area contributed by atoms with Crippen LogP contribution in [-0.2, 0) is 9.53 Å². The van der Waals surface area contributed by atoms with Gasteiger partial charge in [-0.2, -0.15) is 0 Å². The highest BCUT2D eigenvalue weighted by molar-refractivity contribution is 5.73. The van der Waals surface area contributed by atoms with E-state index in [0.717, 1.165) is 12.8 Å². The first-order valence-electron chi connectivity index (χ1n) is 6.53.